The first-order chi connectivity index (χ1) is 20.8. The van der Waals surface area contributed by atoms with Crippen LogP contribution in [-0.2, 0) is 9.59 Å². The molecule has 0 radical (unpaired) electrons. The molecule has 236 valence electrons. The van der Waals surface area contributed by atoms with Crippen molar-refractivity contribution < 1.29 is 38.4 Å². The first-order valence-corrected chi connectivity index (χ1v) is 14.9. The number of amides is 1. The zero-order valence-corrected chi connectivity index (χ0v) is 25.9. The maximum absolute atomic E-state index is 13.8. The van der Waals surface area contributed by atoms with Crippen LogP contribution in [0.2, 0.25) is 0 Å². The third-order valence-corrected chi connectivity index (χ3v) is 8.13. The van der Waals surface area contributed by atoms with E-state index in [0.29, 0.717) is 48.4 Å². The van der Waals surface area contributed by atoms with Gasteiger partial charge in [0.1, 0.15) is 6.61 Å². The summed E-state index contributed by atoms with van der Waals surface area (Å²) in [4.78, 5) is 32.7. The Hall–Kier alpha value is -3.70. The van der Waals surface area contributed by atoms with Crippen LogP contribution in [0.15, 0.2) is 36.4 Å². The van der Waals surface area contributed by atoms with E-state index in [-0.39, 0.29) is 25.9 Å². The minimum atomic E-state index is -0.959. The predicted molar refractivity (Wildman–Crippen MR) is 161 cm³/mol. The van der Waals surface area contributed by atoms with Gasteiger partial charge in [0.15, 0.2) is 23.0 Å². The van der Waals surface area contributed by atoms with Gasteiger partial charge in [0.25, 0.3) is 0 Å². The number of carbonyl (C=O) groups excluding carboxylic acids is 1. The third kappa shape index (κ3) is 7.83. The van der Waals surface area contributed by atoms with E-state index < -0.39 is 23.8 Å². The number of carbonyl (C=O) groups is 2. The molecular weight excluding hydrogens is 554 g/mol. The van der Waals surface area contributed by atoms with E-state index in [9.17, 15) is 14.7 Å². The second-order valence-electron chi connectivity index (χ2n) is 11.3. The van der Waals surface area contributed by atoms with Crippen LogP contribution in [0.25, 0.3) is 0 Å². The zero-order chi connectivity index (χ0) is 30.9. The minimum absolute atomic E-state index is 0.0115. The van der Waals surface area contributed by atoms with Crippen molar-refractivity contribution in [2.45, 2.75) is 38.1 Å². The standard InChI is InChI=1S/C32H45N3O8/c1-6-7-14-34(15-10-13-33(2)3)29(36)19-35-18-23(22-16-27(40-5)31-28(17-22)42-21-43-31)30(32(37)38)24(35)20-41-26-12-9-8-11-25(26)39-4/h8-9,11-12,16-17,23-24,30H,6-7,10,13-15,18-21H2,1-5H3,(H,37,38)/t23-,24+,30?/m1/s1. The number of nitrogens with zero attached hydrogens (tertiary/aromatic N) is 3. The van der Waals surface area contributed by atoms with Gasteiger partial charge in [-0.1, -0.05) is 25.5 Å². The SMILES string of the molecule is CCCCN(CCCN(C)C)C(=O)CN1C[C@H](c2cc(OC)c3c(c2)OCO3)C(C(=O)O)[C@@H]1COc1ccccc1OC. The molecule has 11 nitrogen and oxygen atoms in total. The summed E-state index contributed by atoms with van der Waals surface area (Å²) in [5, 5.41) is 10.6. The number of rotatable bonds is 16. The third-order valence-electron chi connectivity index (χ3n) is 8.13. The van der Waals surface area contributed by atoms with E-state index in [1.807, 2.05) is 48.2 Å². The van der Waals surface area contributed by atoms with Crippen LogP contribution in [0.5, 0.6) is 28.7 Å². The number of methoxy groups -OCH3 is 2. The van der Waals surface area contributed by atoms with Gasteiger partial charge in [-0.05, 0) is 63.3 Å². The lowest BCUT2D eigenvalue weighted by Crippen LogP contribution is -2.47. The lowest BCUT2D eigenvalue weighted by Gasteiger charge is -2.30. The summed E-state index contributed by atoms with van der Waals surface area (Å²) < 4.78 is 28.4. The smallest absolute Gasteiger partial charge is 0.308 e. The number of aliphatic carboxylic acids is 1. The Morgan fingerprint density at radius 1 is 1.00 bits per heavy atom. The Labute approximate surface area is 254 Å². The van der Waals surface area contributed by atoms with Crippen LogP contribution in [0.4, 0.5) is 0 Å². The Balaban J connectivity index is 1.64. The number of para-hydroxylation sites is 2. The molecule has 11 heteroatoms. The fraction of sp³-hybridized carbons (Fsp3) is 0.562. The molecule has 1 fully saturated rings. The molecule has 1 unspecified atom stereocenters. The van der Waals surface area contributed by atoms with E-state index in [1.54, 1.807) is 26.4 Å². The molecule has 0 saturated carbocycles. The van der Waals surface area contributed by atoms with Gasteiger partial charge in [-0.15, -0.1) is 0 Å². The van der Waals surface area contributed by atoms with E-state index in [2.05, 4.69) is 11.8 Å². The Morgan fingerprint density at radius 3 is 2.40 bits per heavy atom. The van der Waals surface area contributed by atoms with E-state index in [4.69, 9.17) is 23.7 Å². The molecule has 0 aliphatic carbocycles. The topological polar surface area (TPSA) is 110 Å². The lowest BCUT2D eigenvalue weighted by atomic mass is 9.85. The van der Waals surface area contributed by atoms with Gasteiger partial charge in [-0.25, -0.2) is 0 Å². The summed E-state index contributed by atoms with van der Waals surface area (Å²) in [6.45, 7) is 4.89. The number of carboxylic acid groups (broad SMARTS) is 1. The lowest BCUT2D eigenvalue weighted by molar-refractivity contribution is -0.144. The summed E-state index contributed by atoms with van der Waals surface area (Å²) in [5.41, 5.74) is 0.750. The molecule has 2 heterocycles. The number of benzene rings is 2. The molecule has 0 aromatic heterocycles. The van der Waals surface area contributed by atoms with Crippen molar-refractivity contribution in [3.63, 3.8) is 0 Å². The number of ether oxygens (including phenoxy) is 5. The molecule has 1 N–H and O–H groups in total. The predicted octanol–water partition coefficient (Wildman–Crippen LogP) is 3.56. The number of hydrogen-bond donors (Lipinski definition) is 1. The highest BCUT2D eigenvalue weighted by Crippen LogP contribution is 2.47. The van der Waals surface area contributed by atoms with E-state index >= 15 is 0 Å². The summed E-state index contributed by atoms with van der Waals surface area (Å²) in [5.74, 6) is 0.299. The molecule has 2 aromatic carbocycles. The van der Waals surface area contributed by atoms with Crippen LogP contribution in [0.1, 0.15) is 37.7 Å². The molecule has 4 rings (SSSR count). The minimum Gasteiger partial charge on any atom is -0.493 e. The largest absolute Gasteiger partial charge is 0.493 e. The average molecular weight is 600 g/mol. The van der Waals surface area contributed by atoms with E-state index in [0.717, 1.165) is 31.4 Å². The summed E-state index contributed by atoms with van der Waals surface area (Å²) in [6, 6.07) is 10.3. The molecule has 2 aliphatic rings. The number of likely N-dealkylation sites (tertiary alicyclic amines) is 1. The van der Waals surface area contributed by atoms with Crippen LogP contribution in [-0.4, -0.2) is 112 Å². The molecule has 3 atom stereocenters. The molecular formula is C32H45N3O8. The number of carboxylic acids is 1. The van der Waals surface area contributed by atoms with Gasteiger partial charge >= 0.3 is 5.97 Å². The van der Waals surface area contributed by atoms with Crippen LogP contribution in [0, 0.1) is 5.92 Å². The summed E-state index contributed by atoms with van der Waals surface area (Å²) >= 11 is 0. The number of fused-ring (bicyclic) bond motifs is 1. The van der Waals surface area contributed by atoms with Crippen molar-refractivity contribution in [3.8, 4) is 28.7 Å². The van der Waals surface area contributed by atoms with Gasteiger partial charge < -0.3 is 38.6 Å². The maximum atomic E-state index is 13.8. The Kier molecular flexibility index (Phi) is 11.4. The van der Waals surface area contributed by atoms with Gasteiger partial charge in [-0.2, -0.15) is 0 Å². The number of unbranched alkanes of at least 4 members (excludes halogenated alkanes) is 1. The molecule has 0 bridgehead atoms. The van der Waals surface area contributed by atoms with Gasteiger partial charge in [-0.3, -0.25) is 14.5 Å². The summed E-state index contributed by atoms with van der Waals surface area (Å²) in [7, 11) is 7.14. The molecule has 43 heavy (non-hydrogen) atoms. The Bertz CT molecular complexity index is 1240. The van der Waals surface area contributed by atoms with Crippen LogP contribution in [0.3, 0.4) is 0 Å². The second-order valence-corrected chi connectivity index (χ2v) is 11.3. The highest BCUT2D eigenvalue weighted by Gasteiger charge is 2.48. The molecule has 1 saturated heterocycles. The first kappa shape index (κ1) is 32.2. The highest BCUT2D eigenvalue weighted by molar-refractivity contribution is 5.79. The monoisotopic (exact) mass is 599 g/mol. The van der Waals surface area contributed by atoms with E-state index in [1.165, 1.54) is 0 Å². The molecule has 0 spiro atoms. The van der Waals surface area contributed by atoms with Crippen molar-refractivity contribution >= 4 is 11.9 Å². The summed E-state index contributed by atoms with van der Waals surface area (Å²) in [6.07, 6.45) is 2.75. The number of hydrogen-bond acceptors (Lipinski definition) is 9. The molecule has 2 aromatic rings. The van der Waals surface area contributed by atoms with Crippen molar-refractivity contribution in [1.82, 2.24) is 14.7 Å². The fourth-order valence-electron chi connectivity index (χ4n) is 5.88. The van der Waals surface area contributed by atoms with Gasteiger partial charge in [0.2, 0.25) is 18.4 Å². The second kappa shape index (κ2) is 15.2. The highest BCUT2D eigenvalue weighted by atomic mass is 16.7. The Morgan fingerprint density at radius 2 is 1.72 bits per heavy atom. The average Bonchev–Trinajstić information content (AvgIpc) is 3.62. The normalized spacial score (nSPS) is 19.4. The first-order valence-electron chi connectivity index (χ1n) is 14.9. The molecule has 2 aliphatic heterocycles. The van der Waals surface area contributed by atoms with Crippen molar-refractivity contribution in [3.05, 3.63) is 42.0 Å². The van der Waals surface area contributed by atoms with Crippen LogP contribution >= 0.6 is 0 Å². The van der Waals surface area contributed by atoms with Crippen molar-refractivity contribution in [2.24, 2.45) is 5.92 Å². The fourth-order valence-corrected chi connectivity index (χ4v) is 5.88. The quantitative estimate of drug-likeness (QED) is 0.308. The maximum Gasteiger partial charge on any atom is 0.308 e. The van der Waals surface area contributed by atoms with Crippen molar-refractivity contribution in [1.29, 1.82) is 0 Å². The zero-order valence-electron chi connectivity index (χ0n) is 25.9. The van der Waals surface area contributed by atoms with Gasteiger partial charge in [0, 0.05) is 25.6 Å². The van der Waals surface area contributed by atoms with Gasteiger partial charge in [0.05, 0.1) is 32.7 Å². The molecule has 1 amide bonds. The van der Waals surface area contributed by atoms with Crippen LogP contribution < -0.4 is 23.7 Å². The van der Waals surface area contributed by atoms with Crippen molar-refractivity contribution in [2.75, 3.05) is 74.4 Å².